The van der Waals surface area contributed by atoms with Gasteiger partial charge in [-0.1, -0.05) is 29.8 Å². The minimum atomic E-state index is -0.856. The summed E-state index contributed by atoms with van der Waals surface area (Å²) in [6, 6.07) is 11.6. The molecule has 134 valence electrons. The van der Waals surface area contributed by atoms with Gasteiger partial charge in [-0.25, -0.2) is 0 Å². The Bertz CT molecular complexity index is 1360. The maximum atomic E-state index is 12.7. The molecule has 2 heterocycles. The lowest BCUT2D eigenvalue weighted by molar-refractivity contribution is 0.0949. The number of rotatable bonds is 3. The smallest absolute Gasteiger partial charge is 0.320 e. The Balaban J connectivity index is 1.81. The topological polar surface area (TPSA) is 101 Å². The molecule has 0 aliphatic heterocycles. The molecule has 4 rings (SSSR count). The van der Waals surface area contributed by atoms with Crippen molar-refractivity contribution in [3.63, 3.8) is 0 Å². The summed E-state index contributed by atoms with van der Waals surface area (Å²) in [5, 5.41) is 3.40. The van der Waals surface area contributed by atoms with Gasteiger partial charge in [-0.05, 0) is 29.8 Å². The van der Waals surface area contributed by atoms with E-state index in [0.29, 0.717) is 10.5 Å². The van der Waals surface area contributed by atoms with Crippen molar-refractivity contribution in [1.82, 2.24) is 14.7 Å². The first kappa shape index (κ1) is 17.0. The Hall–Kier alpha value is -3.45. The lowest BCUT2D eigenvalue weighted by Gasteiger charge is -2.09. The molecular weight excluding hydrogens is 370 g/mol. The van der Waals surface area contributed by atoms with Gasteiger partial charge in [0.1, 0.15) is 5.56 Å². The number of hydrogen-bond acceptors (Lipinski definition) is 4. The Kier molecular flexibility index (Phi) is 4.01. The molecule has 0 aliphatic rings. The molecule has 2 aromatic carbocycles. The zero-order valence-corrected chi connectivity index (χ0v) is 14.5. The monoisotopic (exact) mass is 381 g/mol. The zero-order chi connectivity index (χ0) is 19.1. The van der Waals surface area contributed by atoms with Crippen molar-refractivity contribution in [1.29, 1.82) is 0 Å². The summed E-state index contributed by atoms with van der Waals surface area (Å²) < 4.78 is 1.04. The molecular formula is C19H12ClN3O4. The third-order valence-corrected chi connectivity index (χ3v) is 4.55. The molecule has 0 unspecified atom stereocenters. The van der Waals surface area contributed by atoms with E-state index >= 15 is 0 Å². The fraction of sp³-hybridized carbons (Fsp3) is 0.0526. The van der Waals surface area contributed by atoms with E-state index in [-0.39, 0.29) is 23.0 Å². The van der Waals surface area contributed by atoms with Gasteiger partial charge in [0.05, 0.1) is 11.0 Å². The van der Waals surface area contributed by atoms with Crippen molar-refractivity contribution < 1.29 is 4.79 Å². The predicted octanol–water partition coefficient (Wildman–Crippen LogP) is 1.52. The van der Waals surface area contributed by atoms with E-state index < -0.39 is 22.5 Å². The summed E-state index contributed by atoms with van der Waals surface area (Å²) in [4.78, 5) is 51.8. The van der Waals surface area contributed by atoms with E-state index in [1.54, 1.807) is 36.4 Å². The van der Waals surface area contributed by atoms with Gasteiger partial charge in [0.2, 0.25) is 5.43 Å². The van der Waals surface area contributed by atoms with E-state index in [2.05, 4.69) is 10.3 Å². The largest absolute Gasteiger partial charge is 0.348 e. The Morgan fingerprint density at radius 1 is 1.07 bits per heavy atom. The second-order valence-electron chi connectivity index (χ2n) is 6.01. The second-order valence-corrected chi connectivity index (χ2v) is 6.45. The van der Waals surface area contributed by atoms with Gasteiger partial charge < -0.3 is 10.3 Å². The van der Waals surface area contributed by atoms with Crippen molar-refractivity contribution in [3.05, 3.63) is 95.7 Å². The number of para-hydroxylation sites is 1. The van der Waals surface area contributed by atoms with Crippen LogP contribution in [0, 0.1) is 0 Å². The number of carbonyl (C=O) groups is 1. The van der Waals surface area contributed by atoms with Crippen molar-refractivity contribution in [2.75, 3.05) is 0 Å². The number of halogens is 1. The summed E-state index contributed by atoms with van der Waals surface area (Å²) in [6.07, 6.45) is 1.12. The molecule has 2 N–H and O–H groups in total. The van der Waals surface area contributed by atoms with Crippen molar-refractivity contribution in [2.45, 2.75) is 6.54 Å². The minimum absolute atomic E-state index is 0.181. The number of aromatic nitrogens is 2. The van der Waals surface area contributed by atoms with Crippen LogP contribution in [0.15, 0.2) is 63.0 Å². The molecule has 1 amide bonds. The van der Waals surface area contributed by atoms with Crippen LogP contribution in [0.5, 0.6) is 0 Å². The maximum absolute atomic E-state index is 12.7. The van der Waals surface area contributed by atoms with Gasteiger partial charge >= 0.3 is 11.1 Å². The Morgan fingerprint density at radius 3 is 2.56 bits per heavy atom. The van der Waals surface area contributed by atoms with Gasteiger partial charge in [0, 0.05) is 23.2 Å². The quantitative estimate of drug-likeness (QED) is 0.525. The molecule has 27 heavy (non-hydrogen) atoms. The number of nitrogens with zero attached hydrogens (tertiary/aromatic N) is 1. The third-order valence-electron chi connectivity index (χ3n) is 4.30. The summed E-state index contributed by atoms with van der Waals surface area (Å²) in [5.74, 6) is -0.634. The first-order chi connectivity index (χ1) is 13.0. The van der Waals surface area contributed by atoms with Crippen molar-refractivity contribution in [3.8, 4) is 0 Å². The fourth-order valence-electron chi connectivity index (χ4n) is 2.97. The van der Waals surface area contributed by atoms with Crippen LogP contribution in [0.2, 0.25) is 5.02 Å². The molecule has 0 atom stereocenters. The van der Waals surface area contributed by atoms with Crippen LogP contribution in [0.4, 0.5) is 0 Å². The Labute approximate surface area is 156 Å². The summed E-state index contributed by atoms with van der Waals surface area (Å²) in [5.41, 5.74) is -0.981. The van der Waals surface area contributed by atoms with E-state index in [0.717, 1.165) is 16.2 Å². The van der Waals surface area contributed by atoms with Gasteiger partial charge in [-0.3, -0.25) is 23.6 Å². The minimum Gasteiger partial charge on any atom is -0.348 e. The molecule has 0 bridgehead atoms. The number of amides is 1. The van der Waals surface area contributed by atoms with Crippen LogP contribution < -0.4 is 21.9 Å². The number of carbonyl (C=O) groups excluding carboxylic acids is 1. The summed E-state index contributed by atoms with van der Waals surface area (Å²) in [6.45, 7) is 0.182. The summed E-state index contributed by atoms with van der Waals surface area (Å²) >= 11 is 5.83. The van der Waals surface area contributed by atoms with E-state index in [1.807, 2.05) is 0 Å². The van der Waals surface area contributed by atoms with E-state index in [4.69, 9.17) is 11.6 Å². The molecule has 0 saturated heterocycles. The fourth-order valence-corrected chi connectivity index (χ4v) is 3.10. The molecule has 0 radical (unpaired) electrons. The molecule has 0 spiro atoms. The molecule has 2 aromatic heterocycles. The molecule has 0 fully saturated rings. The van der Waals surface area contributed by atoms with E-state index in [9.17, 15) is 19.2 Å². The highest BCUT2D eigenvalue weighted by Gasteiger charge is 2.17. The number of benzene rings is 2. The maximum Gasteiger partial charge on any atom is 0.320 e. The van der Waals surface area contributed by atoms with Gasteiger partial charge in [-0.15, -0.1) is 0 Å². The zero-order valence-electron chi connectivity index (χ0n) is 13.8. The van der Waals surface area contributed by atoms with E-state index in [1.165, 1.54) is 6.07 Å². The lowest BCUT2D eigenvalue weighted by Crippen LogP contribution is -2.36. The number of pyridine rings is 1. The number of aromatic amines is 1. The predicted molar refractivity (Wildman–Crippen MR) is 102 cm³/mol. The standard InChI is InChI=1S/C19H12ClN3O4/c20-11-6-4-10(5-7-11)8-21-17(25)13-9-23-15-12(16(13)24)2-1-3-14(15)22-18(26)19(23)27/h1-7,9H,8H2,(H,21,25)(H,22,26). The molecule has 4 aromatic rings. The third kappa shape index (κ3) is 2.88. The molecule has 0 aliphatic carbocycles. The lowest BCUT2D eigenvalue weighted by atomic mass is 10.1. The van der Waals surface area contributed by atoms with Crippen LogP contribution in [-0.4, -0.2) is 15.3 Å². The van der Waals surface area contributed by atoms with Crippen molar-refractivity contribution >= 4 is 33.9 Å². The Morgan fingerprint density at radius 2 is 1.81 bits per heavy atom. The average Bonchev–Trinajstić information content (AvgIpc) is 2.67. The number of nitrogens with one attached hydrogen (secondary N) is 2. The summed E-state index contributed by atoms with van der Waals surface area (Å²) in [7, 11) is 0. The van der Waals surface area contributed by atoms with Crippen LogP contribution in [-0.2, 0) is 6.54 Å². The van der Waals surface area contributed by atoms with Crippen molar-refractivity contribution in [2.24, 2.45) is 0 Å². The number of H-pyrrole nitrogens is 1. The molecule has 7 nitrogen and oxygen atoms in total. The normalized spacial score (nSPS) is 11.1. The van der Waals surface area contributed by atoms with Gasteiger partial charge in [-0.2, -0.15) is 0 Å². The van der Waals surface area contributed by atoms with Crippen LogP contribution in [0.25, 0.3) is 16.4 Å². The SMILES string of the molecule is O=C(NCc1ccc(Cl)cc1)c1cn2c(=O)c(=O)[nH]c3cccc(c1=O)c32. The number of hydrogen-bond donors (Lipinski definition) is 2. The first-order valence-electron chi connectivity index (χ1n) is 8.02. The first-order valence-corrected chi connectivity index (χ1v) is 8.40. The highest BCUT2D eigenvalue weighted by atomic mass is 35.5. The van der Waals surface area contributed by atoms with Gasteiger partial charge in [0.25, 0.3) is 5.91 Å². The molecule has 0 saturated carbocycles. The molecule has 8 heteroatoms. The average molecular weight is 382 g/mol. The van der Waals surface area contributed by atoms with Gasteiger partial charge in [0.15, 0.2) is 0 Å². The highest BCUT2D eigenvalue weighted by molar-refractivity contribution is 6.30. The van der Waals surface area contributed by atoms with Crippen LogP contribution in [0.3, 0.4) is 0 Å². The van der Waals surface area contributed by atoms with Crippen LogP contribution in [0.1, 0.15) is 15.9 Å². The highest BCUT2D eigenvalue weighted by Crippen LogP contribution is 2.15. The second kappa shape index (κ2) is 6.37. The van der Waals surface area contributed by atoms with Crippen LogP contribution >= 0.6 is 11.6 Å².